The fourth-order valence-corrected chi connectivity index (χ4v) is 0.598. The Bertz CT molecular complexity index is 40.7. The van der Waals surface area contributed by atoms with Gasteiger partial charge >= 0.3 is 59.3 Å². The van der Waals surface area contributed by atoms with Crippen LogP contribution in [0, 0.1) is 0 Å². The monoisotopic (exact) mass is 198 g/mol. The minimum Gasteiger partial charge on any atom is -1.00 e. The first-order chi connectivity index (χ1) is 3.91. The van der Waals surface area contributed by atoms with E-state index in [0.29, 0.717) is 0 Å². The normalized spacial score (nSPS) is 7.90. The van der Waals surface area contributed by atoms with Crippen molar-refractivity contribution in [2.75, 3.05) is 13.2 Å². The summed E-state index contributed by atoms with van der Waals surface area (Å²) in [6, 6.07) is 0. The Morgan fingerprint density at radius 3 is 2.20 bits per heavy atom. The summed E-state index contributed by atoms with van der Waals surface area (Å²) >= 11 is 2.69. The van der Waals surface area contributed by atoms with Crippen LogP contribution in [0.1, 0.15) is 19.8 Å². The molecule has 0 saturated carbocycles. The van der Waals surface area contributed by atoms with Gasteiger partial charge in [0.2, 0.25) is 0 Å². The predicted octanol–water partition coefficient (Wildman–Crippen LogP) is -4.60. The molecule has 60 valence electrons. The molecule has 0 amide bonds. The maximum absolute atomic E-state index is 5.21. The van der Waals surface area contributed by atoms with Gasteiger partial charge in [-0.15, -0.1) is 0 Å². The average Bonchev–Trinajstić information content (AvgIpc) is 1.81. The van der Waals surface area contributed by atoms with Crippen LogP contribution in [-0.2, 0) is 4.74 Å². The molecule has 0 N–H and O–H groups in total. The van der Waals surface area contributed by atoms with Crippen molar-refractivity contribution in [2.45, 2.75) is 25.0 Å². The van der Waals surface area contributed by atoms with Crippen LogP contribution in [0.25, 0.3) is 0 Å². The van der Waals surface area contributed by atoms with Gasteiger partial charge in [0.15, 0.2) is 0 Å². The van der Waals surface area contributed by atoms with E-state index in [9.17, 15) is 0 Å². The van der Waals surface area contributed by atoms with Crippen LogP contribution in [0.3, 0.4) is 0 Å². The molecule has 0 aliphatic heterocycles. The van der Waals surface area contributed by atoms with Gasteiger partial charge in [0.1, 0.15) is 0 Å². The first-order valence-electron chi connectivity index (χ1n) is 3.19. The molecule has 0 aliphatic rings. The molecule has 0 radical (unpaired) electrons. The maximum atomic E-state index is 5.21. The zero-order valence-electron chi connectivity index (χ0n) is 6.28. The Morgan fingerprint density at radius 1 is 1.20 bits per heavy atom. The van der Waals surface area contributed by atoms with Crippen molar-refractivity contribution >= 4 is 16.3 Å². The van der Waals surface area contributed by atoms with E-state index in [1.807, 2.05) is 0 Å². The van der Waals surface area contributed by atoms with E-state index >= 15 is 0 Å². The van der Waals surface area contributed by atoms with Crippen LogP contribution in [-0.4, -0.2) is 29.5 Å². The number of halogens is 2. The molecule has 1 nitrogen and oxygen atoms in total. The molecule has 0 unspecified atom stereocenters. The number of ether oxygens (including phenoxy) is 1. The fraction of sp³-hybridized carbons (Fsp3) is 1.00. The van der Waals surface area contributed by atoms with Crippen LogP contribution in [0.4, 0.5) is 0 Å². The summed E-state index contributed by atoms with van der Waals surface area (Å²) in [5.41, 5.74) is 0. The molecule has 0 aromatic carbocycles. The van der Waals surface area contributed by atoms with Gasteiger partial charge in [-0.05, 0) is 0 Å². The van der Waals surface area contributed by atoms with Gasteiger partial charge in [-0.25, -0.2) is 0 Å². The van der Waals surface area contributed by atoms with Crippen LogP contribution in [0.2, 0.25) is 5.28 Å². The van der Waals surface area contributed by atoms with Crippen molar-refractivity contribution in [1.29, 1.82) is 0 Å². The third kappa shape index (κ3) is 16.0. The molecule has 0 fully saturated rings. The van der Waals surface area contributed by atoms with E-state index in [1.54, 1.807) is 0 Å². The summed E-state index contributed by atoms with van der Waals surface area (Å²) in [4.78, 5) is 0. The number of rotatable bonds is 5. The quantitative estimate of drug-likeness (QED) is 0.320. The Morgan fingerprint density at radius 2 is 1.80 bits per heavy atom. The average molecular weight is 199 g/mol. The van der Waals surface area contributed by atoms with Gasteiger partial charge in [-0.3, -0.25) is 0 Å². The molecule has 10 heavy (non-hydrogen) atoms. The minimum absolute atomic E-state index is 0. The van der Waals surface area contributed by atoms with Crippen molar-refractivity contribution in [2.24, 2.45) is 0 Å². The molecular weight excluding hydrogens is 186 g/mol. The molecule has 0 aromatic rings. The van der Waals surface area contributed by atoms with Crippen LogP contribution >= 0.6 is 0 Å². The molecule has 0 rings (SSSR count). The molecule has 0 bridgehead atoms. The van der Waals surface area contributed by atoms with Crippen molar-refractivity contribution in [3.63, 3.8) is 0 Å². The van der Waals surface area contributed by atoms with Gasteiger partial charge in [0, 0.05) is 0 Å². The summed E-state index contributed by atoms with van der Waals surface area (Å²) in [6.45, 7) is 3.97. The van der Waals surface area contributed by atoms with Crippen LogP contribution in [0.15, 0.2) is 0 Å². The zero-order chi connectivity index (χ0) is 6.24. The third-order valence-electron chi connectivity index (χ3n) is 0.841. The SMILES string of the molecule is CCCOCC[CH2][Al+2].[Cl-].[Cl-]. The molecule has 0 heterocycles. The second-order valence-corrected chi connectivity index (χ2v) is 2.33. The predicted molar refractivity (Wildman–Crippen MR) is 36.3 cm³/mol. The number of hydrogen-bond donors (Lipinski definition) is 0. The fourth-order valence-electron chi connectivity index (χ4n) is 0.432. The topological polar surface area (TPSA) is 9.23 Å². The van der Waals surface area contributed by atoms with E-state index < -0.39 is 0 Å². The Hall–Kier alpha value is 1.07. The molecule has 0 aliphatic carbocycles. The Labute approximate surface area is 84.1 Å². The van der Waals surface area contributed by atoms with Crippen molar-refractivity contribution < 1.29 is 29.6 Å². The molecule has 4 heteroatoms. The number of hydrogen-bond acceptors (Lipinski definition) is 1. The third-order valence-corrected chi connectivity index (χ3v) is 1.25. The Balaban J connectivity index is -0.000000245. The minimum atomic E-state index is 0. The summed E-state index contributed by atoms with van der Waals surface area (Å²) in [6.07, 6.45) is 2.31. The van der Waals surface area contributed by atoms with Crippen LogP contribution < -0.4 is 24.8 Å². The van der Waals surface area contributed by atoms with Gasteiger partial charge in [0.05, 0.1) is 0 Å². The summed E-state index contributed by atoms with van der Waals surface area (Å²) in [7, 11) is 0. The molecular formula is C6H13AlCl2O. The van der Waals surface area contributed by atoms with Gasteiger partial charge in [-0.1, -0.05) is 0 Å². The van der Waals surface area contributed by atoms with Crippen molar-refractivity contribution in [3.05, 3.63) is 0 Å². The van der Waals surface area contributed by atoms with Gasteiger partial charge in [0.25, 0.3) is 0 Å². The van der Waals surface area contributed by atoms with E-state index in [2.05, 4.69) is 23.2 Å². The van der Waals surface area contributed by atoms with Crippen molar-refractivity contribution in [3.8, 4) is 0 Å². The largest absolute Gasteiger partial charge is 1.00 e. The van der Waals surface area contributed by atoms with Gasteiger partial charge in [-0.2, -0.15) is 0 Å². The molecule has 0 aromatic heterocycles. The smallest absolute Gasteiger partial charge is 1.00 e. The zero-order valence-corrected chi connectivity index (χ0v) is 8.94. The Kier molecular flexibility index (Phi) is 28.6. The summed E-state index contributed by atoms with van der Waals surface area (Å²) in [5.74, 6) is 0. The summed E-state index contributed by atoms with van der Waals surface area (Å²) < 4.78 is 5.21. The standard InChI is InChI=1S/C6H13O.Al.2ClH/c1-3-5-7-6-4-2;;;/h1,3-6H2,2H3;;2*1H/q;+2;;/p-2. The van der Waals surface area contributed by atoms with E-state index in [-0.39, 0.29) is 24.8 Å². The van der Waals surface area contributed by atoms with E-state index in [4.69, 9.17) is 4.74 Å². The molecule has 0 saturated heterocycles. The first-order valence-corrected chi connectivity index (χ1v) is 4.01. The van der Waals surface area contributed by atoms with Crippen LogP contribution in [0.5, 0.6) is 0 Å². The second kappa shape index (κ2) is 16.6. The second-order valence-electron chi connectivity index (χ2n) is 1.75. The van der Waals surface area contributed by atoms with Crippen molar-refractivity contribution in [1.82, 2.24) is 0 Å². The van der Waals surface area contributed by atoms with E-state index in [1.165, 1.54) is 6.42 Å². The van der Waals surface area contributed by atoms with Gasteiger partial charge < -0.3 is 24.8 Å². The van der Waals surface area contributed by atoms with E-state index in [0.717, 1.165) is 24.9 Å². The molecule has 0 spiro atoms. The first kappa shape index (κ1) is 17.2. The maximum Gasteiger partial charge on any atom is -1.00 e. The summed E-state index contributed by atoms with van der Waals surface area (Å²) in [5, 5.41) is 1.16. The molecule has 0 atom stereocenters.